The van der Waals surface area contributed by atoms with Crippen molar-refractivity contribution in [3.05, 3.63) is 70.7 Å². The molecule has 1 aliphatic rings. The lowest BCUT2D eigenvalue weighted by atomic mass is 9.99. The lowest BCUT2D eigenvalue weighted by Crippen LogP contribution is -2.14. The number of pyridine rings is 1. The maximum absolute atomic E-state index is 14.3. The molecule has 0 spiro atoms. The van der Waals surface area contributed by atoms with Gasteiger partial charge in [-0.2, -0.15) is 10.2 Å². The molecule has 0 unspecified atom stereocenters. The Hall–Kier alpha value is -3.96. The molecule has 4 aromatic rings. The van der Waals surface area contributed by atoms with Crippen LogP contribution in [0, 0.1) is 5.82 Å². The number of ether oxygens (including phenoxy) is 1. The van der Waals surface area contributed by atoms with Crippen LogP contribution in [0.4, 0.5) is 27.8 Å². The Morgan fingerprint density at radius 3 is 2.64 bits per heavy atom. The highest BCUT2D eigenvalue weighted by Crippen LogP contribution is 2.38. The number of benzene rings is 1. The van der Waals surface area contributed by atoms with Gasteiger partial charge in [0.2, 0.25) is 6.43 Å². The van der Waals surface area contributed by atoms with Crippen molar-refractivity contribution < 1.29 is 26.7 Å². The fourth-order valence-corrected chi connectivity index (χ4v) is 4.48. The minimum absolute atomic E-state index is 0.0214. The Morgan fingerprint density at radius 1 is 1.14 bits per heavy atom. The summed E-state index contributed by atoms with van der Waals surface area (Å²) >= 11 is 0. The molecule has 7 nitrogen and oxygen atoms in total. The van der Waals surface area contributed by atoms with Crippen LogP contribution in [-0.2, 0) is 19.9 Å². The number of rotatable bonds is 3. The van der Waals surface area contributed by atoms with Crippen molar-refractivity contribution in [1.82, 2.24) is 24.5 Å². The van der Waals surface area contributed by atoms with E-state index < -0.39 is 36.9 Å². The van der Waals surface area contributed by atoms with Gasteiger partial charge in [-0.3, -0.25) is 4.68 Å². The van der Waals surface area contributed by atoms with Gasteiger partial charge in [-0.1, -0.05) is 0 Å². The second-order valence-corrected chi connectivity index (χ2v) is 8.51. The Bertz CT molecular complexity index is 1450. The predicted molar refractivity (Wildman–Crippen MR) is 121 cm³/mol. The van der Waals surface area contributed by atoms with E-state index in [-0.39, 0.29) is 23.7 Å². The quantitative estimate of drug-likeness (QED) is 0.389. The van der Waals surface area contributed by atoms with Gasteiger partial charge in [-0.15, -0.1) is 0 Å². The van der Waals surface area contributed by atoms with Gasteiger partial charge < -0.3 is 10.5 Å². The number of aryl methyl sites for hydroxylation is 1. The summed E-state index contributed by atoms with van der Waals surface area (Å²) in [6.45, 7) is 1.64. The smallest absolute Gasteiger partial charge is 0.282 e. The number of fused-ring (bicyclic) bond motifs is 7. The van der Waals surface area contributed by atoms with Gasteiger partial charge in [0.25, 0.3) is 6.43 Å². The van der Waals surface area contributed by atoms with Gasteiger partial charge in [-0.25, -0.2) is 31.6 Å². The zero-order valence-electron chi connectivity index (χ0n) is 19.2. The molecule has 1 aliphatic heterocycles. The normalized spacial score (nSPS) is 15.1. The fraction of sp³-hybridized carbons (Fsp3) is 0.292. The van der Waals surface area contributed by atoms with Crippen LogP contribution in [0.5, 0.6) is 5.75 Å². The summed E-state index contributed by atoms with van der Waals surface area (Å²) in [7, 11) is 1.59. The fourth-order valence-electron chi connectivity index (χ4n) is 4.48. The lowest BCUT2D eigenvalue weighted by molar-refractivity contribution is 0.145. The Kier molecular flexibility index (Phi) is 5.89. The highest BCUT2D eigenvalue weighted by Gasteiger charge is 2.27. The topological polar surface area (TPSA) is 83.8 Å². The Balaban J connectivity index is 1.82. The van der Waals surface area contributed by atoms with Crippen molar-refractivity contribution in [2.75, 3.05) is 5.73 Å². The molecule has 3 aromatic heterocycles. The standard InChI is InChI=1S/C24H21F5N6O/c1-11-15-6-13(25)3-4-18(15)35-14(7-17(33-35)23(28)29)8-19-22(16(9-21(26)27)32-34(19)2)12-5-20(36-11)24(30)31-10-12/h3-7,10-11,21,23H,8-9H2,1-2H3,(H2,30,31)/t11-/m1/s1. The molecule has 12 heteroatoms. The second kappa shape index (κ2) is 8.92. The van der Waals surface area contributed by atoms with Crippen LogP contribution in [0.1, 0.15) is 47.8 Å². The van der Waals surface area contributed by atoms with Crippen LogP contribution >= 0.6 is 0 Å². The average Bonchev–Trinajstić information content (AvgIpc) is 3.36. The molecule has 2 N–H and O–H groups in total. The van der Waals surface area contributed by atoms with Crippen LogP contribution in [0.25, 0.3) is 16.8 Å². The van der Waals surface area contributed by atoms with Crippen LogP contribution < -0.4 is 10.5 Å². The monoisotopic (exact) mass is 504 g/mol. The first-order chi connectivity index (χ1) is 17.1. The van der Waals surface area contributed by atoms with Gasteiger partial charge in [0.05, 0.1) is 29.2 Å². The molecule has 0 radical (unpaired) electrons. The molecule has 36 heavy (non-hydrogen) atoms. The SMILES string of the molecule is C[C@H]1Oc2cc(cnc2N)-c2c(CC(F)F)nn(C)c2Cc2cc(C(F)F)nn2-c2ccc(F)cc21. The molecule has 2 bridgehead atoms. The Morgan fingerprint density at radius 2 is 1.92 bits per heavy atom. The van der Waals surface area contributed by atoms with Crippen LogP contribution in [-0.4, -0.2) is 31.0 Å². The van der Waals surface area contributed by atoms with Crippen molar-refractivity contribution >= 4 is 5.82 Å². The third-order valence-electron chi connectivity index (χ3n) is 6.09. The molecule has 0 saturated carbocycles. The molecular weight excluding hydrogens is 483 g/mol. The van der Waals surface area contributed by atoms with Gasteiger partial charge >= 0.3 is 0 Å². The molecule has 0 amide bonds. The number of nitrogens with two attached hydrogens (primary N) is 1. The van der Waals surface area contributed by atoms with E-state index in [2.05, 4.69) is 15.2 Å². The van der Waals surface area contributed by atoms with Crippen LogP contribution in [0.3, 0.4) is 0 Å². The van der Waals surface area contributed by atoms with E-state index in [9.17, 15) is 22.0 Å². The van der Waals surface area contributed by atoms with Crippen LogP contribution in [0.15, 0.2) is 36.5 Å². The number of nitrogen functional groups attached to an aromatic ring is 1. The highest BCUT2D eigenvalue weighted by atomic mass is 19.3. The van der Waals surface area contributed by atoms with Crippen molar-refractivity contribution in [2.24, 2.45) is 7.05 Å². The molecular formula is C24H21F5N6O. The second-order valence-electron chi connectivity index (χ2n) is 8.51. The number of hydrogen-bond acceptors (Lipinski definition) is 5. The largest absolute Gasteiger partial charge is 0.482 e. The zero-order chi connectivity index (χ0) is 25.7. The number of alkyl halides is 4. The first kappa shape index (κ1) is 23.8. The van der Waals surface area contributed by atoms with Gasteiger partial charge in [0.1, 0.15) is 17.6 Å². The first-order valence-electron chi connectivity index (χ1n) is 11.0. The van der Waals surface area contributed by atoms with E-state index in [0.717, 1.165) is 0 Å². The molecule has 5 rings (SSSR count). The van der Waals surface area contributed by atoms with E-state index in [1.54, 1.807) is 20.0 Å². The molecule has 188 valence electrons. The van der Waals surface area contributed by atoms with Crippen molar-refractivity contribution in [1.29, 1.82) is 0 Å². The van der Waals surface area contributed by atoms with Gasteiger partial charge in [-0.05, 0) is 37.3 Å². The number of nitrogens with zero attached hydrogens (tertiary/aromatic N) is 5. The van der Waals surface area contributed by atoms with E-state index >= 15 is 0 Å². The summed E-state index contributed by atoms with van der Waals surface area (Å²) in [5, 5.41) is 8.38. The van der Waals surface area contributed by atoms with Crippen molar-refractivity contribution in [3.8, 4) is 22.6 Å². The third-order valence-corrected chi connectivity index (χ3v) is 6.09. The first-order valence-corrected chi connectivity index (χ1v) is 11.0. The maximum Gasteiger partial charge on any atom is 0.282 e. The van der Waals surface area contributed by atoms with Gasteiger partial charge in [0.15, 0.2) is 11.6 Å². The average molecular weight is 504 g/mol. The van der Waals surface area contributed by atoms with Crippen molar-refractivity contribution in [2.45, 2.75) is 38.7 Å². The molecule has 1 atom stereocenters. The van der Waals surface area contributed by atoms with E-state index in [4.69, 9.17) is 10.5 Å². The summed E-state index contributed by atoms with van der Waals surface area (Å²) in [5.41, 5.74) is 7.95. The highest BCUT2D eigenvalue weighted by molar-refractivity contribution is 5.72. The predicted octanol–water partition coefficient (Wildman–Crippen LogP) is 5.18. The number of anilines is 1. The molecule has 0 aliphatic carbocycles. The number of hydrogen-bond donors (Lipinski definition) is 1. The molecule has 0 fully saturated rings. The summed E-state index contributed by atoms with van der Waals surface area (Å²) < 4.78 is 77.3. The van der Waals surface area contributed by atoms with E-state index in [1.807, 2.05) is 0 Å². The number of halogens is 5. The summed E-state index contributed by atoms with van der Waals surface area (Å²) in [4.78, 5) is 4.17. The molecule has 1 aromatic carbocycles. The summed E-state index contributed by atoms with van der Waals surface area (Å²) in [5.74, 6) is -0.353. The maximum atomic E-state index is 14.3. The minimum Gasteiger partial charge on any atom is -0.482 e. The third kappa shape index (κ3) is 4.16. The molecule has 0 saturated heterocycles. The molecule has 4 heterocycles. The van der Waals surface area contributed by atoms with Gasteiger partial charge in [0, 0.05) is 36.4 Å². The van der Waals surface area contributed by atoms with Crippen molar-refractivity contribution in [3.63, 3.8) is 0 Å². The van der Waals surface area contributed by atoms with Crippen LogP contribution in [0.2, 0.25) is 0 Å². The summed E-state index contributed by atoms with van der Waals surface area (Å²) in [6.07, 6.45) is -5.50. The zero-order valence-corrected chi connectivity index (χ0v) is 19.2. The van der Waals surface area contributed by atoms with E-state index in [1.165, 1.54) is 39.8 Å². The summed E-state index contributed by atoms with van der Waals surface area (Å²) in [6, 6.07) is 6.66. The number of aromatic nitrogens is 5. The lowest BCUT2D eigenvalue weighted by Gasteiger charge is -2.22. The Labute approximate surface area is 202 Å². The minimum atomic E-state index is -2.86. The van der Waals surface area contributed by atoms with E-state index in [0.29, 0.717) is 33.8 Å².